The Kier molecular flexibility index (Phi) is 3.93. The number of alkyl halides is 1. The Balaban J connectivity index is 2.83. The van der Waals surface area contributed by atoms with E-state index in [-0.39, 0.29) is 0 Å². The monoisotopic (exact) mass is 108 g/mol. The number of aliphatic hydroxyl groups excluding tert-OH is 1. The number of aliphatic hydroxyl groups is 1. The van der Waals surface area contributed by atoms with Crippen molar-refractivity contribution in [3.8, 4) is 0 Å². The zero-order chi connectivity index (χ0) is 5.70. The number of halogens is 1. The largest absolute Gasteiger partial charge is 0.391 e. The Morgan fingerprint density at radius 3 is 2.57 bits per heavy atom. The van der Waals surface area contributed by atoms with Crippen LogP contribution >= 0.6 is 0 Å². The highest BCUT2D eigenvalue weighted by atomic mass is 19.1. The Hall–Kier alpha value is -0.150. The SMILES string of the molecule is CCOC(F)CO. The summed E-state index contributed by atoms with van der Waals surface area (Å²) in [5.41, 5.74) is 0. The lowest BCUT2D eigenvalue weighted by atomic mass is 10.7. The zero-order valence-electron chi connectivity index (χ0n) is 4.22. The second-order valence-corrected chi connectivity index (χ2v) is 1.05. The van der Waals surface area contributed by atoms with Gasteiger partial charge in [0, 0.05) is 6.61 Å². The van der Waals surface area contributed by atoms with Crippen LogP contribution in [-0.4, -0.2) is 24.7 Å². The first-order valence-corrected chi connectivity index (χ1v) is 2.17. The normalized spacial score (nSPS) is 14.1. The van der Waals surface area contributed by atoms with Gasteiger partial charge in [0.15, 0.2) is 0 Å². The molecule has 0 aliphatic carbocycles. The molecule has 0 aliphatic heterocycles. The number of hydrogen-bond donors (Lipinski definition) is 1. The van der Waals surface area contributed by atoms with E-state index < -0.39 is 13.0 Å². The third kappa shape index (κ3) is 3.69. The van der Waals surface area contributed by atoms with Crippen molar-refractivity contribution in [2.24, 2.45) is 0 Å². The van der Waals surface area contributed by atoms with Crippen LogP contribution in [0.2, 0.25) is 0 Å². The Bertz CT molecular complexity index is 40.7. The zero-order valence-corrected chi connectivity index (χ0v) is 4.22. The van der Waals surface area contributed by atoms with Gasteiger partial charge in [0.25, 0.3) is 0 Å². The molecule has 0 fully saturated rings. The quantitative estimate of drug-likeness (QED) is 0.563. The van der Waals surface area contributed by atoms with Crippen molar-refractivity contribution in [3.05, 3.63) is 0 Å². The summed E-state index contributed by atoms with van der Waals surface area (Å²) >= 11 is 0. The van der Waals surface area contributed by atoms with E-state index in [1.807, 2.05) is 0 Å². The van der Waals surface area contributed by atoms with Gasteiger partial charge in [0.2, 0.25) is 6.36 Å². The molecule has 3 heteroatoms. The molecule has 1 unspecified atom stereocenters. The molecule has 0 rings (SSSR count). The van der Waals surface area contributed by atoms with Gasteiger partial charge in [-0.25, -0.2) is 4.39 Å². The molecule has 2 nitrogen and oxygen atoms in total. The van der Waals surface area contributed by atoms with Gasteiger partial charge < -0.3 is 9.84 Å². The van der Waals surface area contributed by atoms with Crippen LogP contribution in [-0.2, 0) is 4.74 Å². The van der Waals surface area contributed by atoms with Gasteiger partial charge >= 0.3 is 0 Å². The Morgan fingerprint density at radius 2 is 2.43 bits per heavy atom. The number of hydrogen-bond acceptors (Lipinski definition) is 2. The van der Waals surface area contributed by atoms with Crippen LogP contribution < -0.4 is 0 Å². The minimum atomic E-state index is -1.50. The minimum absolute atomic E-state index is 0.307. The average molecular weight is 108 g/mol. The van der Waals surface area contributed by atoms with E-state index in [9.17, 15) is 4.39 Å². The van der Waals surface area contributed by atoms with Crippen LogP contribution in [0.25, 0.3) is 0 Å². The molecule has 0 heterocycles. The summed E-state index contributed by atoms with van der Waals surface area (Å²) < 4.78 is 15.9. The molecule has 0 saturated carbocycles. The molecule has 0 amide bonds. The van der Waals surface area contributed by atoms with E-state index in [1.165, 1.54) is 0 Å². The highest BCUT2D eigenvalue weighted by Crippen LogP contribution is 1.88. The second kappa shape index (κ2) is 4.02. The van der Waals surface area contributed by atoms with Crippen LogP contribution in [0.4, 0.5) is 4.39 Å². The molecule has 44 valence electrons. The topological polar surface area (TPSA) is 29.5 Å². The van der Waals surface area contributed by atoms with E-state index >= 15 is 0 Å². The third-order valence-corrected chi connectivity index (χ3v) is 0.491. The summed E-state index contributed by atoms with van der Waals surface area (Å²) in [6.07, 6.45) is -1.50. The van der Waals surface area contributed by atoms with Gasteiger partial charge in [-0.05, 0) is 6.92 Å². The molecule has 0 spiro atoms. The average Bonchev–Trinajstić information content (AvgIpc) is 1.68. The lowest BCUT2D eigenvalue weighted by Gasteiger charge is -2.00. The molecule has 0 aromatic carbocycles. The molecule has 0 radical (unpaired) electrons. The molecule has 1 atom stereocenters. The van der Waals surface area contributed by atoms with Crippen molar-refractivity contribution in [2.75, 3.05) is 13.2 Å². The molecule has 7 heavy (non-hydrogen) atoms. The third-order valence-electron chi connectivity index (χ3n) is 0.491. The van der Waals surface area contributed by atoms with Gasteiger partial charge in [-0.2, -0.15) is 0 Å². The summed E-state index contributed by atoms with van der Waals surface area (Å²) in [7, 11) is 0. The molecule has 0 saturated heterocycles. The molecule has 0 bridgehead atoms. The van der Waals surface area contributed by atoms with Gasteiger partial charge in [-0.15, -0.1) is 0 Å². The lowest BCUT2D eigenvalue weighted by Crippen LogP contribution is -2.10. The van der Waals surface area contributed by atoms with Crippen LogP contribution in [0.3, 0.4) is 0 Å². The van der Waals surface area contributed by atoms with Crippen molar-refractivity contribution in [2.45, 2.75) is 13.3 Å². The van der Waals surface area contributed by atoms with Gasteiger partial charge in [-0.1, -0.05) is 0 Å². The molecule has 0 aliphatic rings. The predicted molar refractivity (Wildman–Crippen MR) is 23.6 cm³/mol. The van der Waals surface area contributed by atoms with Gasteiger partial charge in [0.05, 0.1) is 6.61 Å². The van der Waals surface area contributed by atoms with E-state index in [1.54, 1.807) is 6.92 Å². The van der Waals surface area contributed by atoms with Crippen molar-refractivity contribution >= 4 is 0 Å². The Morgan fingerprint density at radius 1 is 1.86 bits per heavy atom. The van der Waals surface area contributed by atoms with Crippen LogP contribution in [0.5, 0.6) is 0 Å². The van der Waals surface area contributed by atoms with Crippen LogP contribution in [0.1, 0.15) is 6.92 Å². The van der Waals surface area contributed by atoms with Crippen LogP contribution in [0.15, 0.2) is 0 Å². The fourth-order valence-corrected chi connectivity index (χ4v) is 0.234. The van der Waals surface area contributed by atoms with E-state index in [4.69, 9.17) is 5.11 Å². The summed E-state index contributed by atoms with van der Waals surface area (Å²) in [4.78, 5) is 0. The number of rotatable bonds is 3. The van der Waals surface area contributed by atoms with Crippen LogP contribution in [0, 0.1) is 0 Å². The minimum Gasteiger partial charge on any atom is -0.391 e. The number of ether oxygens (including phenoxy) is 1. The maximum atomic E-state index is 11.7. The first-order valence-electron chi connectivity index (χ1n) is 2.17. The maximum absolute atomic E-state index is 11.7. The molecular weight excluding hydrogens is 99.0 g/mol. The fourth-order valence-electron chi connectivity index (χ4n) is 0.234. The molecule has 0 aromatic rings. The first kappa shape index (κ1) is 6.85. The van der Waals surface area contributed by atoms with Crippen molar-refractivity contribution < 1.29 is 14.2 Å². The summed E-state index contributed by atoms with van der Waals surface area (Å²) in [5.74, 6) is 0. The molecule has 1 N–H and O–H groups in total. The van der Waals surface area contributed by atoms with Gasteiger partial charge in [0.1, 0.15) is 0 Å². The Labute approximate surface area is 41.9 Å². The van der Waals surface area contributed by atoms with Crippen molar-refractivity contribution in [3.63, 3.8) is 0 Å². The van der Waals surface area contributed by atoms with E-state index in [0.29, 0.717) is 6.61 Å². The smallest absolute Gasteiger partial charge is 0.222 e. The maximum Gasteiger partial charge on any atom is 0.222 e. The lowest BCUT2D eigenvalue weighted by molar-refractivity contribution is -0.0645. The second-order valence-electron chi connectivity index (χ2n) is 1.05. The predicted octanol–water partition coefficient (Wildman–Crippen LogP) is 0.311. The van der Waals surface area contributed by atoms with Crippen molar-refractivity contribution in [1.82, 2.24) is 0 Å². The first-order chi connectivity index (χ1) is 3.31. The van der Waals surface area contributed by atoms with E-state index in [2.05, 4.69) is 4.74 Å². The summed E-state index contributed by atoms with van der Waals surface area (Å²) in [6.45, 7) is 1.43. The standard InChI is InChI=1S/C4H9FO2/c1-2-7-4(5)3-6/h4,6H,2-3H2,1H3. The van der Waals surface area contributed by atoms with Crippen molar-refractivity contribution in [1.29, 1.82) is 0 Å². The van der Waals surface area contributed by atoms with Gasteiger partial charge in [-0.3, -0.25) is 0 Å². The fraction of sp³-hybridized carbons (Fsp3) is 1.00. The van der Waals surface area contributed by atoms with E-state index in [0.717, 1.165) is 0 Å². The molecular formula is C4H9FO2. The summed E-state index contributed by atoms with van der Waals surface area (Å²) in [6, 6.07) is 0. The highest BCUT2D eigenvalue weighted by Gasteiger charge is 1.98. The highest BCUT2D eigenvalue weighted by molar-refractivity contribution is 4.30. The summed E-state index contributed by atoms with van der Waals surface area (Å²) in [5, 5.41) is 7.97. The molecule has 0 aromatic heterocycles.